The molecule has 5 rings (SSSR count). The number of halogens is 3. The molecule has 2 aromatic rings. The van der Waals surface area contributed by atoms with Crippen LogP contribution < -0.4 is 10.2 Å². The van der Waals surface area contributed by atoms with Crippen LogP contribution in [-0.2, 0) is 25.3 Å². The minimum Gasteiger partial charge on any atom is -0.378 e. The SMILES string of the molecule is O=C(CN1C(=O)/C(=C2/SC(N3CCOCC3)=NC2=O)c2ccccc21)Nc1cccc(C(F)(F)F)c1. The van der Waals surface area contributed by atoms with Crippen LogP contribution in [0.3, 0.4) is 0 Å². The zero-order valence-electron chi connectivity index (χ0n) is 18.7. The van der Waals surface area contributed by atoms with Crippen molar-refractivity contribution < 1.29 is 32.3 Å². The first-order valence-electron chi connectivity index (χ1n) is 11.0. The first-order chi connectivity index (χ1) is 17.2. The molecule has 12 heteroatoms. The normalized spacial score (nSPS) is 20.0. The predicted octanol–water partition coefficient (Wildman–Crippen LogP) is 3.36. The Balaban J connectivity index is 1.38. The fourth-order valence-corrected chi connectivity index (χ4v) is 5.17. The summed E-state index contributed by atoms with van der Waals surface area (Å²) in [5.74, 6) is -1.76. The van der Waals surface area contributed by atoms with Gasteiger partial charge in [0.2, 0.25) is 5.91 Å². The number of hydrogen-bond acceptors (Lipinski definition) is 6. The monoisotopic (exact) mass is 516 g/mol. The number of amides is 3. The van der Waals surface area contributed by atoms with E-state index < -0.39 is 36.0 Å². The maximum Gasteiger partial charge on any atom is 0.416 e. The van der Waals surface area contributed by atoms with E-state index in [2.05, 4.69) is 10.3 Å². The van der Waals surface area contributed by atoms with Crippen LogP contribution >= 0.6 is 11.8 Å². The smallest absolute Gasteiger partial charge is 0.378 e. The van der Waals surface area contributed by atoms with Crippen LogP contribution in [0.4, 0.5) is 24.5 Å². The Kier molecular flexibility index (Phi) is 6.31. The van der Waals surface area contributed by atoms with Gasteiger partial charge in [0.1, 0.15) is 6.54 Å². The third-order valence-corrected chi connectivity index (χ3v) is 6.91. The second-order valence-corrected chi connectivity index (χ2v) is 9.12. The number of nitrogens with zero attached hydrogens (tertiary/aromatic N) is 3. The molecule has 1 N–H and O–H groups in total. The van der Waals surface area contributed by atoms with Crippen molar-refractivity contribution in [2.45, 2.75) is 6.18 Å². The highest BCUT2D eigenvalue weighted by Gasteiger charge is 2.40. The Hall–Kier alpha value is -3.64. The molecule has 2 aromatic carbocycles. The molecule has 0 atom stereocenters. The molecule has 0 spiro atoms. The molecule has 0 aliphatic carbocycles. The fraction of sp³-hybridized carbons (Fsp3) is 0.250. The van der Waals surface area contributed by atoms with E-state index in [1.165, 1.54) is 17.0 Å². The van der Waals surface area contributed by atoms with Gasteiger partial charge in [-0.2, -0.15) is 18.2 Å². The number of alkyl halides is 3. The van der Waals surface area contributed by atoms with E-state index in [9.17, 15) is 27.6 Å². The van der Waals surface area contributed by atoms with E-state index in [0.29, 0.717) is 42.7 Å². The van der Waals surface area contributed by atoms with Crippen molar-refractivity contribution in [3.8, 4) is 0 Å². The molecule has 3 heterocycles. The lowest BCUT2D eigenvalue weighted by atomic mass is 10.1. The number of benzene rings is 2. The first-order valence-corrected chi connectivity index (χ1v) is 11.8. The minimum absolute atomic E-state index is 0.0431. The summed E-state index contributed by atoms with van der Waals surface area (Å²) in [4.78, 5) is 46.4. The van der Waals surface area contributed by atoms with E-state index in [0.717, 1.165) is 23.9 Å². The van der Waals surface area contributed by atoms with E-state index in [-0.39, 0.29) is 16.2 Å². The number of rotatable bonds is 3. The molecule has 0 bridgehead atoms. The Morgan fingerprint density at radius 2 is 1.83 bits per heavy atom. The van der Waals surface area contributed by atoms with E-state index in [1.807, 2.05) is 4.90 Å². The summed E-state index contributed by atoms with van der Waals surface area (Å²) < 4.78 is 44.3. The zero-order valence-corrected chi connectivity index (χ0v) is 19.5. The first kappa shape index (κ1) is 24.1. The standard InChI is InChI=1S/C24H19F3N4O4S/c25-24(26,27)14-4-3-5-15(12-14)28-18(32)13-31-17-7-2-1-6-16(17)19(22(31)34)20-21(33)29-23(36-20)30-8-10-35-11-9-30/h1-7,12H,8-11,13H2,(H,28,32)/b20-19+. The zero-order chi connectivity index (χ0) is 25.4. The number of aliphatic imine (C=N–C) groups is 1. The lowest BCUT2D eigenvalue weighted by molar-refractivity contribution is -0.137. The van der Waals surface area contributed by atoms with Crippen LogP contribution in [0.1, 0.15) is 11.1 Å². The highest BCUT2D eigenvalue weighted by molar-refractivity contribution is 8.18. The molecule has 186 valence electrons. The van der Waals surface area contributed by atoms with Crippen LogP contribution in [0.2, 0.25) is 0 Å². The van der Waals surface area contributed by atoms with Gasteiger partial charge in [-0.15, -0.1) is 0 Å². The second kappa shape index (κ2) is 9.43. The molecule has 3 amide bonds. The van der Waals surface area contributed by atoms with Crippen molar-refractivity contribution in [1.82, 2.24) is 4.90 Å². The summed E-state index contributed by atoms with van der Waals surface area (Å²) in [6.45, 7) is 1.73. The van der Waals surface area contributed by atoms with Crippen molar-refractivity contribution >= 4 is 51.6 Å². The number of amidine groups is 1. The van der Waals surface area contributed by atoms with E-state index in [1.54, 1.807) is 24.3 Å². The van der Waals surface area contributed by atoms with Gasteiger partial charge in [-0.1, -0.05) is 24.3 Å². The lowest BCUT2D eigenvalue weighted by Gasteiger charge is -2.27. The maximum absolute atomic E-state index is 13.4. The minimum atomic E-state index is -4.56. The number of anilines is 2. The summed E-state index contributed by atoms with van der Waals surface area (Å²) in [7, 11) is 0. The molecule has 1 fully saturated rings. The molecule has 36 heavy (non-hydrogen) atoms. The third-order valence-electron chi connectivity index (χ3n) is 5.79. The van der Waals surface area contributed by atoms with Crippen molar-refractivity contribution in [3.63, 3.8) is 0 Å². The van der Waals surface area contributed by atoms with Gasteiger partial charge < -0.3 is 15.0 Å². The van der Waals surface area contributed by atoms with Crippen molar-refractivity contribution in [2.75, 3.05) is 43.1 Å². The summed E-state index contributed by atoms with van der Waals surface area (Å²) in [5.41, 5.74) is 0.127. The number of carbonyl (C=O) groups excluding carboxylic acids is 3. The fourth-order valence-electron chi connectivity index (χ4n) is 4.12. The predicted molar refractivity (Wildman–Crippen MR) is 128 cm³/mol. The highest BCUT2D eigenvalue weighted by atomic mass is 32.2. The maximum atomic E-state index is 13.4. The van der Waals surface area contributed by atoms with Gasteiger partial charge in [0.15, 0.2) is 5.17 Å². The highest BCUT2D eigenvalue weighted by Crippen LogP contribution is 2.43. The van der Waals surface area contributed by atoms with Crippen molar-refractivity contribution in [1.29, 1.82) is 0 Å². The Morgan fingerprint density at radius 1 is 1.08 bits per heavy atom. The third kappa shape index (κ3) is 4.61. The number of ether oxygens (including phenoxy) is 1. The van der Waals surface area contributed by atoms with Gasteiger partial charge in [-0.3, -0.25) is 19.3 Å². The van der Waals surface area contributed by atoms with Crippen LogP contribution in [0.25, 0.3) is 5.57 Å². The number of carbonyl (C=O) groups is 3. The van der Waals surface area contributed by atoms with Crippen LogP contribution in [0.15, 0.2) is 58.4 Å². The molecular formula is C24H19F3N4O4S. The molecule has 0 aromatic heterocycles. The molecule has 8 nitrogen and oxygen atoms in total. The topological polar surface area (TPSA) is 91.3 Å². The Morgan fingerprint density at radius 3 is 2.58 bits per heavy atom. The largest absolute Gasteiger partial charge is 0.416 e. The number of fused-ring (bicyclic) bond motifs is 1. The number of hydrogen-bond donors (Lipinski definition) is 1. The van der Waals surface area contributed by atoms with Crippen LogP contribution in [-0.4, -0.2) is 60.6 Å². The molecule has 1 saturated heterocycles. The van der Waals surface area contributed by atoms with E-state index >= 15 is 0 Å². The Bertz CT molecular complexity index is 1320. The van der Waals surface area contributed by atoms with Gasteiger partial charge in [-0.25, -0.2) is 0 Å². The second-order valence-electron chi connectivity index (χ2n) is 8.14. The van der Waals surface area contributed by atoms with Crippen LogP contribution in [0, 0.1) is 0 Å². The molecule has 0 unspecified atom stereocenters. The average molecular weight is 517 g/mol. The van der Waals surface area contributed by atoms with E-state index in [4.69, 9.17) is 4.74 Å². The lowest BCUT2D eigenvalue weighted by Crippen LogP contribution is -2.38. The summed E-state index contributed by atoms with van der Waals surface area (Å²) in [6, 6.07) is 11.0. The molecule has 3 aliphatic heterocycles. The van der Waals surface area contributed by atoms with Gasteiger partial charge in [0.05, 0.1) is 34.9 Å². The number of nitrogens with one attached hydrogen (secondary N) is 1. The molecule has 3 aliphatic rings. The Labute approximate surface area is 207 Å². The van der Waals surface area contributed by atoms with Gasteiger partial charge >= 0.3 is 6.18 Å². The number of morpholine rings is 1. The quantitative estimate of drug-likeness (QED) is 0.630. The van der Waals surface area contributed by atoms with Gasteiger partial charge in [0.25, 0.3) is 11.8 Å². The van der Waals surface area contributed by atoms with Gasteiger partial charge in [0, 0.05) is 24.3 Å². The van der Waals surface area contributed by atoms with Crippen molar-refractivity contribution in [3.05, 3.63) is 64.6 Å². The summed E-state index contributed by atoms with van der Waals surface area (Å²) in [6.07, 6.45) is -4.56. The van der Waals surface area contributed by atoms with Gasteiger partial charge in [-0.05, 0) is 36.0 Å². The number of thioether (sulfide) groups is 1. The van der Waals surface area contributed by atoms with Crippen LogP contribution in [0.5, 0.6) is 0 Å². The summed E-state index contributed by atoms with van der Waals surface area (Å²) in [5, 5.41) is 2.91. The molecular weight excluding hydrogens is 497 g/mol. The average Bonchev–Trinajstić information content (AvgIpc) is 3.36. The van der Waals surface area contributed by atoms with Crippen molar-refractivity contribution in [2.24, 2.45) is 4.99 Å². The number of para-hydroxylation sites is 1. The molecule has 0 radical (unpaired) electrons. The molecule has 0 saturated carbocycles. The summed E-state index contributed by atoms with van der Waals surface area (Å²) >= 11 is 1.11.